The quantitative estimate of drug-likeness (QED) is 0.746. The number of likely N-dealkylation sites (tertiary alicyclic amines) is 1. The molecule has 0 aliphatic carbocycles. The third-order valence-corrected chi connectivity index (χ3v) is 6.30. The van der Waals surface area contributed by atoms with Gasteiger partial charge in [0.2, 0.25) is 0 Å². The zero-order valence-electron chi connectivity index (χ0n) is 13.1. The van der Waals surface area contributed by atoms with E-state index in [1.165, 1.54) is 11.3 Å². The average molecular weight is 358 g/mol. The molecule has 1 atom stereocenters. The Hall–Kier alpha value is -1.96. The summed E-state index contributed by atoms with van der Waals surface area (Å²) < 4.78 is 1.05. The summed E-state index contributed by atoms with van der Waals surface area (Å²) in [6.45, 7) is 1.34. The summed E-state index contributed by atoms with van der Waals surface area (Å²) in [5, 5.41) is 4.15. The summed E-state index contributed by atoms with van der Waals surface area (Å²) in [6.07, 6.45) is 2.04. The molecule has 3 heterocycles. The highest BCUT2D eigenvalue weighted by molar-refractivity contribution is 7.29. The zero-order chi connectivity index (χ0) is 16.5. The van der Waals surface area contributed by atoms with Crippen molar-refractivity contribution in [2.45, 2.75) is 18.9 Å². The van der Waals surface area contributed by atoms with Crippen molar-refractivity contribution in [3.63, 3.8) is 0 Å². The minimum Gasteiger partial charge on any atom is -0.334 e. The second-order valence-electron chi connectivity index (χ2n) is 5.82. The van der Waals surface area contributed by atoms with E-state index in [2.05, 4.69) is 10.3 Å². The van der Waals surface area contributed by atoms with Crippen LogP contribution < -0.4 is 11.1 Å². The topological polar surface area (TPSA) is 71.2 Å². The van der Waals surface area contributed by atoms with E-state index in [-0.39, 0.29) is 11.9 Å². The maximum absolute atomic E-state index is 12.7. The van der Waals surface area contributed by atoms with Gasteiger partial charge in [0, 0.05) is 24.8 Å². The zero-order valence-corrected chi connectivity index (χ0v) is 14.7. The van der Waals surface area contributed by atoms with Crippen molar-refractivity contribution in [2.24, 2.45) is 5.73 Å². The third-order valence-electron chi connectivity index (χ3n) is 4.24. The van der Waals surface area contributed by atoms with Gasteiger partial charge in [0.1, 0.15) is 4.83 Å². The second-order valence-corrected chi connectivity index (χ2v) is 7.88. The summed E-state index contributed by atoms with van der Waals surface area (Å²) in [7, 11) is 0. The SMILES string of the molecule is NCC1CCCN1C(=O)c1cc2sc(Nc3ccccc3)nc2s1. The molecule has 1 amide bonds. The molecule has 1 fully saturated rings. The van der Waals surface area contributed by atoms with Gasteiger partial charge in [-0.25, -0.2) is 4.98 Å². The molecule has 0 saturated carbocycles. The van der Waals surface area contributed by atoms with E-state index in [0.717, 1.165) is 44.6 Å². The van der Waals surface area contributed by atoms with Crippen LogP contribution in [-0.2, 0) is 0 Å². The molecular formula is C17H18N4OS2. The summed E-state index contributed by atoms with van der Waals surface area (Å²) in [5.74, 6) is 0.0933. The fourth-order valence-electron chi connectivity index (χ4n) is 3.03. The molecule has 3 aromatic rings. The fourth-order valence-corrected chi connectivity index (χ4v) is 5.12. The molecule has 1 unspecified atom stereocenters. The van der Waals surface area contributed by atoms with Crippen LogP contribution >= 0.6 is 22.7 Å². The fraction of sp³-hybridized carbons (Fsp3) is 0.294. The minimum atomic E-state index is 0.0933. The van der Waals surface area contributed by atoms with E-state index in [9.17, 15) is 4.79 Å². The molecule has 24 heavy (non-hydrogen) atoms. The largest absolute Gasteiger partial charge is 0.334 e. The number of aromatic nitrogens is 1. The molecule has 1 aliphatic heterocycles. The van der Waals surface area contributed by atoms with Crippen LogP contribution in [0.2, 0.25) is 0 Å². The first kappa shape index (κ1) is 15.6. The molecule has 3 N–H and O–H groups in total. The first-order valence-corrected chi connectivity index (χ1v) is 9.61. The number of hydrogen-bond acceptors (Lipinski definition) is 6. The molecular weight excluding hydrogens is 340 g/mol. The number of nitrogens with zero attached hydrogens (tertiary/aromatic N) is 2. The Morgan fingerprint density at radius 3 is 2.92 bits per heavy atom. The summed E-state index contributed by atoms with van der Waals surface area (Å²) >= 11 is 3.04. The van der Waals surface area contributed by atoms with E-state index >= 15 is 0 Å². The summed E-state index contributed by atoms with van der Waals surface area (Å²) in [5.41, 5.74) is 6.79. The Labute approximate surface area is 148 Å². The van der Waals surface area contributed by atoms with E-state index in [1.807, 2.05) is 41.3 Å². The van der Waals surface area contributed by atoms with Gasteiger partial charge in [-0.15, -0.1) is 11.3 Å². The predicted octanol–water partition coefficient (Wildman–Crippen LogP) is 3.66. The molecule has 0 spiro atoms. The molecule has 1 saturated heterocycles. The summed E-state index contributed by atoms with van der Waals surface area (Å²) in [4.78, 5) is 20.9. The maximum Gasteiger partial charge on any atom is 0.264 e. The Morgan fingerprint density at radius 1 is 1.33 bits per heavy atom. The van der Waals surface area contributed by atoms with Crippen LogP contribution in [0.4, 0.5) is 10.8 Å². The lowest BCUT2D eigenvalue weighted by Crippen LogP contribution is -2.39. The van der Waals surface area contributed by atoms with Crippen LogP contribution in [0.25, 0.3) is 9.53 Å². The number of nitrogens with one attached hydrogen (secondary N) is 1. The molecule has 2 aromatic heterocycles. The van der Waals surface area contributed by atoms with Gasteiger partial charge in [0.15, 0.2) is 5.13 Å². The van der Waals surface area contributed by atoms with Crippen LogP contribution in [0.1, 0.15) is 22.5 Å². The van der Waals surface area contributed by atoms with Crippen LogP contribution in [0.5, 0.6) is 0 Å². The average Bonchev–Trinajstić information content (AvgIpc) is 3.29. The normalized spacial score (nSPS) is 17.5. The number of benzene rings is 1. The monoisotopic (exact) mass is 358 g/mol. The first-order chi connectivity index (χ1) is 11.7. The van der Waals surface area contributed by atoms with Crippen molar-refractivity contribution >= 4 is 48.9 Å². The number of carbonyl (C=O) groups excluding carboxylic acids is 1. The van der Waals surface area contributed by atoms with Crippen molar-refractivity contribution in [3.8, 4) is 0 Å². The number of amides is 1. The number of carbonyl (C=O) groups is 1. The number of para-hydroxylation sites is 1. The van der Waals surface area contributed by atoms with Gasteiger partial charge in [0.05, 0.1) is 9.58 Å². The second kappa shape index (κ2) is 6.51. The van der Waals surface area contributed by atoms with Crippen LogP contribution in [0.15, 0.2) is 36.4 Å². The number of nitrogens with two attached hydrogens (primary N) is 1. The molecule has 1 aliphatic rings. The van der Waals surface area contributed by atoms with E-state index < -0.39 is 0 Å². The minimum absolute atomic E-state index is 0.0933. The highest BCUT2D eigenvalue weighted by atomic mass is 32.1. The Kier molecular flexibility index (Phi) is 4.22. The van der Waals surface area contributed by atoms with Gasteiger partial charge in [-0.3, -0.25) is 4.79 Å². The molecule has 0 radical (unpaired) electrons. The van der Waals surface area contributed by atoms with Crippen molar-refractivity contribution in [2.75, 3.05) is 18.4 Å². The number of thiazole rings is 1. The van der Waals surface area contributed by atoms with Gasteiger partial charge in [0.25, 0.3) is 5.91 Å². The van der Waals surface area contributed by atoms with Crippen molar-refractivity contribution in [1.82, 2.24) is 9.88 Å². The number of hydrogen-bond donors (Lipinski definition) is 2. The lowest BCUT2D eigenvalue weighted by molar-refractivity contribution is 0.0746. The molecule has 4 rings (SSSR count). The van der Waals surface area contributed by atoms with Gasteiger partial charge in [-0.2, -0.15) is 0 Å². The van der Waals surface area contributed by atoms with Gasteiger partial charge in [-0.1, -0.05) is 29.5 Å². The number of anilines is 2. The number of rotatable bonds is 4. The van der Waals surface area contributed by atoms with Crippen LogP contribution in [0, 0.1) is 0 Å². The van der Waals surface area contributed by atoms with Gasteiger partial charge < -0.3 is 16.0 Å². The third kappa shape index (κ3) is 2.90. The Morgan fingerprint density at radius 2 is 2.17 bits per heavy atom. The lowest BCUT2D eigenvalue weighted by Gasteiger charge is -2.22. The predicted molar refractivity (Wildman–Crippen MR) is 100 cm³/mol. The van der Waals surface area contributed by atoms with Gasteiger partial charge >= 0.3 is 0 Å². The van der Waals surface area contributed by atoms with Crippen LogP contribution in [0.3, 0.4) is 0 Å². The van der Waals surface area contributed by atoms with Crippen LogP contribution in [-0.4, -0.2) is 34.9 Å². The van der Waals surface area contributed by atoms with Crippen molar-refractivity contribution in [1.29, 1.82) is 0 Å². The first-order valence-electron chi connectivity index (χ1n) is 7.98. The van der Waals surface area contributed by atoms with Gasteiger partial charge in [-0.05, 0) is 31.0 Å². The van der Waals surface area contributed by atoms with E-state index in [1.54, 1.807) is 11.3 Å². The van der Waals surface area contributed by atoms with Crippen molar-refractivity contribution in [3.05, 3.63) is 41.3 Å². The summed E-state index contributed by atoms with van der Waals surface area (Å²) in [6, 6.07) is 12.1. The maximum atomic E-state index is 12.7. The molecule has 0 bridgehead atoms. The highest BCUT2D eigenvalue weighted by Crippen LogP contribution is 2.35. The van der Waals surface area contributed by atoms with Crippen molar-refractivity contribution < 1.29 is 4.79 Å². The molecule has 1 aromatic carbocycles. The Bertz CT molecular complexity index is 826. The van der Waals surface area contributed by atoms with E-state index in [0.29, 0.717) is 6.54 Å². The standard InChI is InChI=1S/C17H18N4OS2/c18-10-12-7-4-8-21(12)16(22)14-9-13-15(23-14)20-17(24-13)19-11-5-2-1-3-6-11/h1-3,5-6,9,12H,4,7-8,10,18H2,(H,19,20). The number of thiophene rings is 1. The molecule has 7 heteroatoms. The molecule has 124 valence electrons. The molecule has 5 nitrogen and oxygen atoms in total. The highest BCUT2D eigenvalue weighted by Gasteiger charge is 2.29. The van der Waals surface area contributed by atoms with E-state index in [4.69, 9.17) is 5.73 Å². The smallest absolute Gasteiger partial charge is 0.264 e. The Balaban J connectivity index is 1.54. The number of fused-ring (bicyclic) bond motifs is 1. The lowest BCUT2D eigenvalue weighted by atomic mass is 10.2.